The molecule has 3 nitrogen and oxygen atoms in total. The second kappa shape index (κ2) is 9.05. The molecule has 0 unspecified atom stereocenters. The zero-order chi connectivity index (χ0) is 15.4. The summed E-state index contributed by atoms with van der Waals surface area (Å²) in [6, 6.07) is 8.79. The first kappa shape index (κ1) is 18.8. The third-order valence-corrected chi connectivity index (χ3v) is 5.27. The molecule has 2 fully saturated rings. The SMILES string of the molecule is Cl.O=C(CCC1CCNCC1)N(Cc1cccc(Br)c1)C1CC1. The van der Waals surface area contributed by atoms with E-state index in [1.165, 1.54) is 31.2 Å². The van der Waals surface area contributed by atoms with E-state index in [2.05, 4.69) is 38.3 Å². The molecule has 1 aliphatic carbocycles. The fourth-order valence-electron chi connectivity index (χ4n) is 3.28. The first-order valence-corrected chi connectivity index (χ1v) is 9.26. The Morgan fingerprint density at radius 2 is 1.96 bits per heavy atom. The average molecular weight is 402 g/mol. The zero-order valence-electron chi connectivity index (χ0n) is 13.5. The topological polar surface area (TPSA) is 32.3 Å². The van der Waals surface area contributed by atoms with E-state index in [1.54, 1.807) is 0 Å². The summed E-state index contributed by atoms with van der Waals surface area (Å²) in [5, 5.41) is 3.39. The third-order valence-electron chi connectivity index (χ3n) is 4.78. The molecule has 1 amide bonds. The van der Waals surface area contributed by atoms with E-state index in [4.69, 9.17) is 0 Å². The van der Waals surface area contributed by atoms with Gasteiger partial charge in [-0.1, -0.05) is 28.1 Å². The highest BCUT2D eigenvalue weighted by molar-refractivity contribution is 9.10. The van der Waals surface area contributed by atoms with Crippen molar-refractivity contribution in [2.24, 2.45) is 5.92 Å². The summed E-state index contributed by atoms with van der Waals surface area (Å²) in [6.45, 7) is 2.99. The predicted molar refractivity (Wildman–Crippen MR) is 99.8 cm³/mol. The van der Waals surface area contributed by atoms with Gasteiger partial charge in [-0.15, -0.1) is 12.4 Å². The normalized spacial score (nSPS) is 18.3. The number of nitrogens with zero attached hydrogens (tertiary/aromatic N) is 1. The first-order chi connectivity index (χ1) is 10.7. The van der Waals surface area contributed by atoms with Crippen LogP contribution in [0.15, 0.2) is 28.7 Å². The molecule has 0 aromatic heterocycles. The van der Waals surface area contributed by atoms with E-state index in [1.807, 2.05) is 12.1 Å². The summed E-state index contributed by atoms with van der Waals surface area (Å²) in [6.07, 6.45) is 6.57. The predicted octanol–water partition coefficient (Wildman–Crippen LogP) is 4.14. The van der Waals surface area contributed by atoms with Crippen molar-refractivity contribution in [2.45, 2.75) is 51.1 Å². The van der Waals surface area contributed by atoms with Crippen LogP contribution in [-0.4, -0.2) is 29.9 Å². The minimum atomic E-state index is 0. The van der Waals surface area contributed by atoms with Crippen LogP contribution in [0.3, 0.4) is 0 Å². The van der Waals surface area contributed by atoms with Crippen LogP contribution >= 0.6 is 28.3 Å². The molecule has 0 bridgehead atoms. The largest absolute Gasteiger partial charge is 0.335 e. The third kappa shape index (κ3) is 5.77. The zero-order valence-corrected chi connectivity index (χ0v) is 15.9. The van der Waals surface area contributed by atoms with Gasteiger partial charge in [-0.2, -0.15) is 0 Å². The van der Waals surface area contributed by atoms with Crippen LogP contribution in [0.2, 0.25) is 0 Å². The summed E-state index contributed by atoms with van der Waals surface area (Å²) in [7, 11) is 0. The molecule has 0 atom stereocenters. The molecule has 128 valence electrons. The van der Waals surface area contributed by atoms with Gasteiger partial charge in [0.15, 0.2) is 0 Å². The van der Waals surface area contributed by atoms with Crippen LogP contribution < -0.4 is 5.32 Å². The molecule has 3 rings (SSSR count). The van der Waals surface area contributed by atoms with Gasteiger partial charge in [-0.05, 0) is 68.8 Å². The van der Waals surface area contributed by atoms with Gasteiger partial charge in [0.25, 0.3) is 0 Å². The van der Waals surface area contributed by atoms with Crippen LogP contribution in [0.1, 0.15) is 44.1 Å². The second-order valence-electron chi connectivity index (χ2n) is 6.61. The highest BCUT2D eigenvalue weighted by Gasteiger charge is 2.32. The molecule has 1 aromatic rings. The Morgan fingerprint density at radius 1 is 1.22 bits per heavy atom. The van der Waals surface area contributed by atoms with Gasteiger partial charge < -0.3 is 10.2 Å². The summed E-state index contributed by atoms with van der Waals surface area (Å²) < 4.78 is 1.09. The molecular weight excluding hydrogens is 376 g/mol. The standard InChI is InChI=1S/C18H25BrN2O.ClH/c19-16-3-1-2-15(12-16)13-21(17-5-6-17)18(22)7-4-14-8-10-20-11-9-14;/h1-3,12,14,17,20H,4-11,13H2;1H. The number of amides is 1. The van der Waals surface area contributed by atoms with Gasteiger partial charge in [0.05, 0.1) is 0 Å². The number of hydrogen-bond donors (Lipinski definition) is 1. The van der Waals surface area contributed by atoms with E-state index in [-0.39, 0.29) is 12.4 Å². The maximum absolute atomic E-state index is 12.7. The minimum absolute atomic E-state index is 0. The van der Waals surface area contributed by atoms with E-state index in [9.17, 15) is 4.79 Å². The lowest BCUT2D eigenvalue weighted by Gasteiger charge is -2.26. The highest BCUT2D eigenvalue weighted by Crippen LogP contribution is 2.30. The van der Waals surface area contributed by atoms with Crippen LogP contribution in [0.4, 0.5) is 0 Å². The Kier molecular flexibility index (Phi) is 7.38. The van der Waals surface area contributed by atoms with Crippen molar-refractivity contribution in [3.8, 4) is 0 Å². The fourth-order valence-corrected chi connectivity index (χ4v) is 3.73. The van der Waals surface area contributed by atoms with Crippen molar-refractivity contribution in [2.75, 3.05) is 13.1 Å². The molecule has 1 N–H and O–H groups in total. The Bertz CT molecular complexity index is 515. The quantitative estimate of drug-likeness (QED) is 0.777. The summed E-state index contributed by atoms with van der Waals surface area (Å²) in [5.74, 6) is 1.08. The van der Waals surface area contributed by atoms with Gasteiger partial charge in [0.1, 0.15) is 0 Å². The summed E-state index contributed by atoms with van der Waals surface area (Å²) in [4.78, 5) is 14.8. The number of hydrogen-bond acceptors (Lipinski definition) is 2. The lowest BCUT2D eigenvalue weighted by molar-refractivity contribution is -0.132. The number of carbonyl (C=O) groups is 1. The van der Waals surface area contributed by atoms with E-state index in [0.717, 1.165) is 42.9 Å². The van der Waals surface area contributed by atoms with Gasteiger partial charge in [0, 0.05) is 23.5 Å². The Hall–Kier alpha value is -0.580. The Labute approximate surface area is 153 Å². The van der Waals surface area contributed by atoms with Crippen molar-refractivity contribution in [1.82, 2.24) is 10.2 Å². The van der Waals surface area contributed by atoms with Crippen molar-refractivity contribution in [3.05, 3.63) is 34.3 Å². The first-order valence-electron chi connectivity index (χ1n) is 8.47. The molecule has 1 aromatic carbocycles. The van der Waals surface area contributed by atoms with Crippen LogP contribution in [0.25, 0.3) is 0 Å². The fraction of sp³-hybridized carbons (Fsp3) is 0.611. The van der Waals surface area contributed by atoms with Gasteiger partial charge >= 0.3 is 0 Å². The molecule has 1 saturated carbocycles. The number of nitrogens with one attached hydrogen (secondary N) is 1. The lowest BCUT2D eigenvalue weighted by atomic mass is 9.93. The molecule has 1 aliphatic heterocycles. The van der Waals surface area contributed by atoms with Gasteiger partial charge in [0.2, 0.25) is 5.91 Å². The molecule has 1 heterocycles. The Balaban J connectivity index is 0.00000192. The highest BCUT2D eigenvalue weighted by atomic mass is 79.9. The summed E-state index contributed by atoms with van der Waals surface area (Å²) >= 11 is 3.52. The monoisotopic (exact) mass is 400 g/mol. The van der Waals surface area contributed by atoms with E-state index in [0.29, 0.717) is 11.9 Å². The van der Waals surface area contributed by atoms with Crippen molar-refractivity contribution in [1.29, 1.82) is 0 Å². The molecule has 2 aliphatic rings. The molecule has 0 spiro atoms. The lowest BCUT2D eigenvalue weighted by Crippen LogP contribution is -2.33. The second-order valence-corrected chi connectivity index (χ2v) is 7.53. The van der Waals surface area contributed by atoms with Crippen molar-refractivity contribution >= 4 is 34.2 Å². The number of carbonyl (C=O) groups excluding carboxylic acids is 1. The van der Waals surface area contributed by atoms with Crippen molar-refractivity contribution in [3.63, 3.8) is 0 Å². The molecule has 0 radical (unpaired) electrons. The maximum Gasteiger partial charge on any atom is 0.223 e. The molecule has 5 heteroatoms. The van der Waals surface area contributed by atoms with Crippen LogP contribution in [0.5, 0.6) is 0 Å². The van der Waals surface area contributed by atoms with Crippen LogP contribution in [-0.2, 0) is 11.3 Å². The average Bonchev–Trinajstić information content (AvgIpc) is 3.36. The molecule has 1 saturated heterocycles. The maximum atomic E-state index is 12.7. The Morgan fingerprint density at radius 3 is 2.61 bits per heavy atom. The smallest absolute Gasteiger partial charge is 0.223 e. The number of halogens is 2. The summed E-state index contributed by atoms with van der Waals surface area (Å²) in [5.41, 5.74) is 1.22. The van der Waals surface area contributed by atoms with Gasteiger partial charge in [-0.25, -0.2) is 0 Å². The molecular formula is C18H26BrClN2O. The molecule has 23 heavy (non-hydrogen) atoms. The number of benzene rings is 1. The van der Waals surface area contributed by atoms with Crippen LogP contribution in [0, 0.1) is 5.92 Å². The van der Waals surface area contributed by atoms with Gasteiger partial charge in [-0.3, -0.25) is 4.79 Å². The number of rotatable bonds is 6. The minimum Gasteiger partial charge on any atom is -0.335 e. The number of piperidine rings is 1. The van der Waals surface area contributed by atoms with Crippen molar-refractivity contribution < 1.29 is 4.79 Å². The van der Waals surface area contributed by atoms with E-state index < -0.39 is 0 Å². The van der Waals surface area contributed by atoms with E-state index >= 15 is 0 Å².